The molecule has 3 aromatic rings. The maximum atomic E-state index is 3.84. The highest BCUT2D eigenvalue weighted by Crippen LogP contribution is 2.63. The van der Waals surface area contributed by atoms with Crippen molar-refractivity contribution in [3.8, 4) is 0 Å². The molecule has 0 aromatic heterocycles. The molecule has 280 valence electrons. The summed E-state index contributed by atoms with van der Waals surface area (Å²) >= 11 is 0. The van der Waals surface area contributed by atoms with Gasteiger partial charge in [0.1, 0.15) is 0 Å². The molecule has 0 atom stereocenters. The van der Waals surface area contributed by atoms with Crippen molar-refractivity contribution in [3.63, 3.8) is 0 Å². The lowest BCUT2D eigenvalue weighted by Gasteiger charge is -2.45. The average molecular weight is 711 g/mol. The number of rotatable bonds is 0. The Hall–Kier alpha value is -3.54. The molecular formula is C47H62N6. The second-order valence-electron chi connectivity index (χ2n) is 22.1. The van der Waals surface area contributed by atoms with Crippen LogP contribution in [0.4, 0.5) is 34.1 Å². The molecule has 9 rings (SSSR count). The first-order valence-electron chi connectivity index (χ1n) is 19.7. The highest BCUT2D eigenvalue weighted by molar-refractivity contribution is 5.91. The van der Waals surface area contributed by atoms with E-state index in [1.165, 1.54) is 67.5 Å². The van der Waals surface area contributed by atoms with E-state index in [0.717, 1.165) is 0 Å². The van der Waals surface area contributed by atoms with Crippen molar-refractivity contribution < 1.29 is 0 Å². The van der Waals surface area contributed by atoms with Gasteiger partial charge in [0.2, 0.25) is 20.0 Å². The summed E-state index contributed by atoms with van der Waals surface area (Å²) in [6, 6.07) is 15.2. The molecule has 0 N–H and O–H groups in total. The third-order valence-electron chi connectivity index (χ3n) is 11.5. The minimum Gasteiger partial charge on any atom is -0.335 e. The molecule has 3 heterocycles. The molecule has 3 aliphatic heterocycles. The Labute approximate surface area is 322 Å². The van der Waals surface area contributed by atoms with Gasteiger partial charge in [-0.05, 0) is 194 Å². The first kappa shape index (κ1) is 36.4. The van der Waals surface area contributed by atoms with E-state index in [1.807, 2.05) is 0 Å². The van der Waals surface area contributed by atoms with Crippen LogP contribution in [-0.4, -0.2) is 33.2 Å². The number of benzene rings is 3. The fourth-order valence-corrected chi connectivity index (χ4v) is 9.10. The van der Waals surface area contributed by atoms with Crippen LogP contribution in [-0.2, 0) is 0 Å². The summed E-state index contributed by atoms with van der Waals surface area (Å²) in [4.78, 5) is 14.3. The predicted octanol–water partition coefficient (Wildman–Crippen LogP) is 11.3. The molecule has 0 fully saturated rings. The quantitative estimate of drug-likeness (QED) is 0.158. The van der Waals surface area contributed by atoms with Crippen LogP contribution >= 0.6 is 0 Å². The summed E-state index contributed by atoms with van der Waals surface area (Å²) in [5.74, 6) is 0.171. The average Bonchev–Trinajstić information content (AvgIpc) is 3.68. The summed E-state index contributed by atoms with van der Waals surface area (Å²) in [7, 11) is 0. The van der Waals surface area contributed by atoms with E-state index in [9.17, 15) is 0 Å². The van der Waals surface area contributed by atoms with Gasteiger partial charge >= 0.3 is 0 Å². The maximum absolute atomic E-state index is 3.84. The smallest absolute Gasteiger partial charge is 0.209 e. The molecule has 6 radical (unpaired) electrons. The molecule has 0 saturated heterocycles. The minimum atomic E-state index is -0.126. The molecule has 6 aliphatic rings. The highest BCUT2D eigenvalue weighted by Gasteiger charge is 2.50. The highest BCUT2D eigenvalue weighted by atomic mass is 15.4. The van der Waals surface area contributed by atoms with Gasteiger partial charge in [0.25, 0.3) is 0 Å². The van der Waals surface area contributed by atoms with Gasteiger partial charge in [0.05, 0.1) is 34.1 Å². The number of nitrogens with zero attached hydrogens (tertiary/aromatic N) is 6. The van der Waals surface area contributed by atoms with E-state index >= 15 is 0 Å². The van der Waals surface area contributed by atoms with Gasteiger partial charge in [-0.25, -0.2) is 0 Å². The van der Waals surface area contributed by atoms with Crippen LogP contribution in [0.25, 0.3) is 0 Å². The molecule has 0 unspecified atom stereocenters. The summed E-state index contributed by atoms with van der Waals surface area (Å²) in [6.45, 7) is 52.8. The van der Waals surface area contributed by atoms with Crippen LogP contribution < -0.4 is 29.4 Å². The van der Waals surface area contributed by atoms with Gasteiger partial charge in [-0.2, -0.15) is 0 Å². The molecule has 0 saturated carbocycles. The van der Waals surface area contributed by atoms with Crippen LogP contribution in [0, 0.1) is 20.0 Å². The van der Waals surface area contributed by atoms with Crippen LogP contribution in [0.5, 0.6) is 0 Å². The molecule has 3 aliphatic carbocycles. The largest absolute Gasteiger partial charge is 0.335 e. The summed E-state index contributed by atoms with van der Waals surface area (Å²) in [6.07, 6.45) is 0. The Morgan fingerprint density at radius 2 is 0.415 bits per heavy atom. The van der Waals surface area contributed by atoms with Gasteiger partial charge in [-0.15, -0.1) is 0 Å². The van der Waals surface area contributed by atoms with Crippen LogP contribution in [0.15, 0.2) is 36.4 Å². The molecule has 3 aromatic carbocycles. The summed E-state index contributed by atoms with van der Waals surface area (Å²) in [5, 5.41) is 0. The van der Waals surface area contributed by atoms with E-state index in [2.05, 4.69) is 210 Å². The van der Waals surface area contributed by atoms with Crippen molar-refractivity contribution in [3.05, 3.63) is 89.8 Å². The number of hydrogen-bond donors (Lipinski definition) is 0. The van der Waals surface area contributed by atoms with E-state index in [-0.39, 0.29) is 45.1 Å². The lowest BCUT2D eigenvalue weighted by Crippen LogP contribution is -2.45. The summed E-state index contributed by atoms with van der Waals surface area (Å²) in [5.41, 5.74) is 15.2. The standard InChI is InChI=1S/C47H62N6/c1-42(2,3)48-25-49(43(4,5)6)35-20-29-28(19-34(35)48)40-30-21-36-38(52(46(13,14)15)26-50(36)44(7,8)9)23-32(30)41(29)33-24-39-37(22-31(33)40)51(45(10,11)12)27-53(39)47(16,17)18/h19-24,40-41H,1-18H3. The summed E-state index contributed by atoms with van der Waals surface area (Å²) < 4.78 is 0. The second kappa shape index (κ2) is 10.6. The fourth-order valence-electron chi connectivity index (χ4n) is 9.10. The lowest BCUT2D eigenvalue weighted by atomic mass is 9.60. The predicted molar refractivity (Wildman–Crippen MR) is 224 cm³/mol. The molecule has 6 nitrogen and oxygen atoms in total. The van der Waals surface area contributed by atoms with Crippen LogP contribution in [0.3, 0.4) is 0 Å². The Kier molecular flexibility index (Phi) is 7.29. The normalized spacial score (nSPS) is 20.9. The van der Waals surface area contributed by atoms with E-state index in [4.69, 9.17) is 0 Å². The number of anilines is 6. The molecule has 53 heavy (non-hydrogen) atoms. The molecule has 2 bridgehead atoms. The van der Waals surface area contributed by atoms with Gasteiger partial charge in [0.15, 0.2) is 0 Å². The fraction of sp³-hybridized carbons (Fsp3) is 0.553. The van der Waals surface area contributed by atoms with Crippen molar-refractivity contribution in [1.29, 1.82) is 0 Å². The molecular weight excluding hydrogens is 649 g/mol. The van der Waals surface area contributed by atoms with Crippen molar-refractivity contribution in [2.75, 3.05) is 29.4 Å². The Balaban J connectivity index is 1.43. The first-order valence-corrected chi connectivity index (χ1v) is 19.7. The van der Waals surface area contributed by atoms with Crippen molar-refractivity contribution in [2.24, 2.45) is 0 Å². The zero-order chi connectivity index (χ0) is 38.9. The monoisotopic (exact) mass is 711 g/mol. The first-order chi connectivity index (χ1) is 24.1. The van der Waals surface area contributed by atoms with Gasteiger partial charge in [-0.1, -0.05) is 0 Å². The lowest BCUT2D eigenvalue weighted by molar-refractivity contribution is 0.498. The zero-order valence-electron chi connectivity index (χ0n) is 35.8. The van der Waals surface area contributed by atoms with Gasteiger partial charge in [0, 0.05) is 45.1 Å². The van der Waals surface area contributed by atoms with E-state index in [0.29, 0.717) is 0 Å². The third kappa shape index (κ3) is 5.30. The Morgan fingerprint density at radius 1 is 0.283 bits per heavy atom. The number of fused-ring (bicyclic) bond motifs is 3. The van der Waals surface area contributed by atoms with Crippen LogP contribution in [0.2, 0.25) is 0 Å². The van der Waals surface area contributed by atoms with Crippen molar-refractivity contribution in [2.45, 2.75) is 170 Å². The number of hydrogen-bond acceptors (Lipinski definition) is 6. The Bertz CT molecular complexity index is 1640. The van der Waals surface area contributed by atoms with Gasteiger partial charge in [-0.3, -0.25) is 0 Å². The van der Waals surface area contributed by atoms with Crippen LogP contribution in [0.1, 0.15) is 170 Å². The van der Waals surface area contributed by atoms with Gasteiger partial charge < -0.3 is 29.4 Å². The van der Waals surface area contributed by atoms with Crippen molar-refractivity contribution in [1.82, 2.24) is 0 Å². The SMILES string of the molecule is CC(C)(C)N1[C]N(C(C)(C)C)c2cc3c(cc21)C1c2cc4c(cc2C3c2cc3c(cc21)N(C(C)(C)C)[C]N3C(C)(C)C)N(C(C)(C)C)[C]N4C(C)(C)C. The third-order valence-corrected chi connectivity index (χ3v) is 11.5. The topological polar surface area (TPSA) is 19.4 Å². The minimum absolute atomic E-state index is 0.0856. The maximum Gasteiger partial charge on any atom is 0.209 e. The zero-order valence-corrected chi connectivity index (χ0v) is 35.8. The van der Waals surface area contributed by atoms with E-state index < -0.39 is 0 Å². The Morgan fingerprint density at radius 3 is 0.528 bits per heavy atom. The molecule has 6 heteroatoms. The van der Waals surface area contributed by atoms with E-state index in [1.54, 1.807) is 0 Å². The second-order valence-corrected chi connectivity index (χ2v) is 22.1. The van der Waals surface area contributed by atoms with Crippen molar-refractivity contribution >= 4 is 34.1 Å². The molecule has 0 amide bonds. The molecule has 0 spiro atoms.